The summed E-state index contributed by atoms with van der Waals surface area (Å²) < 4.78 is 17.1. The minimum absolute atomic E-state index is 0.140. The lowest BCUT2D eigenvalue weighted by molar-refractivity contribution is 0.102. The summed E-state index contributed by atoms with van der Waals surface area (Å²) in [5.41, 5.74) is 4.35. The van der Waals surface area contributed by atoms with E-state index in [4.69, 9.17) is 14.2 Å². The lowest BCUT2D eigenvalue weighted by Gasteiger charge is -2.13. The van der Waals surface area contributed by atoms with E-state index in [-0.39, 0.29) is 5.91 Å². The van der Waals surface area contributed by atoms with E-state index >= 15 is 0 Å². The van der Waals surface area contributed by atoms with Gasteiger partial charge in [0.25, 0.3) is 5.91 Å². The van der Waals surface area contributed by atoms with Crippen molar-refractivity contribution in [1.82, 2.24) is 4.98 Å². The summed E-state index contributed by atoms with van der Waals surface area (Å²) in [6.07, 6.45) is 1.70. The van der Waals surface area contributed by atoms with Gasteiger partial charge in [-0.2, -0.15) is 0 Å². The average molecular weight is 479 g/mol. The maximum absolute atomic E-state index is 12.9. The molecule has 0 unspecified atom stereocenters. The van der Waals surface area contributed by atoms with Crippen LogP contribution in [0, 0.1) is 13.8 Å². The number of hydrogen-bond donors (Lipinski definition) is 1. The fraction of sp³-hybridized carbons (Fsp3) is 0.133. The summed E-state index contributed by atoms with van der Waals surface area (Å²) in [5.74, 6) is 2.39. The predicted molar refractivity (Wildman–Crippen MR) is 143 cm³/mol. The van der Waals surface area contributed by atoms with Crippen LogP contribution >= 0.6 is 0 Å². The molecule has 0 atom stereocenters. The Labute approximate surface area is 209 Å². The van der Waals surface area contributed by atoms with Crippen molar-refractivity contribution in [3.05, 3.63) is 95.7 Å². The fourth-order valence-corrected chi connectivity index (χ4v) is 4.17. The number of ether oxygens (including phenoxy) is 3. The number of hydrogen-bond acceptors (Lipinski definition) is 5. The summed E-state index contributed by atoms with van der Waals surface area (Å²) in [7, 11) is 3.19. The fourth-order valence-electron chi connectivity index (χ4n) is 4.17. The second-order valence-electron chi connectivity index (χ2n) is 8.58. The summed E-state index contributed by atoms with van der Waals surface area (Å²) >= 11 is 0. The Morgan fingerprint density at radius 3 is 2.36 bits per heavy atom. The first kappa shape index (κ1) is 23.2. The largest absolute Gasteiger partial charge is 0.493 e. The lowest BCUT2D eigenvalue weighted by atomic mass is 10.1. The van der Waals surface area contributed by atoms with E-state index in [1.54, 1.807) is 20.4 Å². The highest BCUT2D eigenvalue weighted by Crippen LogP contribution is 2.37. The molecule has 0 saturated heterocycles. The molecule has 0 radical (unpaired) electrons. The van der Waals surface area contributed by atoms with Crippen LogP contribution in [-0.4, -0.2) is 25.1 Å². The summed E-state index contributed by atoms with van der Waals surface area (Å²) in [6.45, 7) is 4.04. The SMILES string of the molecule is COc1cc2nccc(Oc3ccc4c(NC(=O)c5ccc(C)c(C)c5)cccc4c3)c2cc1OC. The minimum atomic E-state index is -0.140. The van der Waals surface area contributed by atoms with E-state index in [9.17, 15) is 4.79 Å². The van der Waals surface area contributed by atoms with E-state index in [1.165, 1.54) is 0 Å². The third-order valence-electron chi connectivity index (χ3n) is 6.30. The molecule has 5 aromatic rings. The van der Waals surface area contributed by atoms with Crippen molar-refractivity contribution >= 4 is 33.3 Å². The molecule has 0 spiro atoms. The van der Waals surface area contributed by atoms with Crippen LogP contribution in [0.4, 0.5) is 5.69 Å². The molecular weight excluding hydrogens is 452 g/mol. The number of methoxy groups -OCH3 is 2. The molecule has 4 aromatic carbocycles. The molecule has 0 bridgehead atoms. The van der Waals surface area contributed by atoms with Gasteiger partial charge in [-0.25, -0.2) is 0 Å². The first-order valence-electron chi connectivity index (χ1n) is 11.6. The number of aromatic nitrogens is 1. The van der Waals surface area contributed by atoms with Crippen molar-refractivity contribution in [2.45, 2.75) is 13.8 Å². The second-order valence-corrected chi connectivity index (χ2v) is 8.58. The van der Waals surface area contributed by atoms with E-state index in [0.29, 0.717) is 28.6 Å². The molecule has 180 valence electrons. The zero-order valence-electron chi connectivity index (χ0n) is 20.6. The number of amides is 1. The van der Waals surface area contributed by atoms with Gasteiger partial charge in [-0.3, -0.25) is 9.78 Å². The number of nitrogens with one attached hydrogen (secondary N) is 1. The molecular formula is C30H26N2O4. The summed E-state index contributed by atoms with van der Waals surface area (Å²) in [6, 6.07) is 22.8. The Hall–Kier alpha value is -4.58. The molecule has 36 heavy (non-hydrogen) atoms. The minimum Gasteiger partial charge on any atom is -0.493 e. The molecule has 1 amide bonds. The topological polar surface area (TPSA) is 69.7 Å². The number of benzene rings is 4. The van der Waals surface area contributed by atoms with Crippen molar-refractivity contribution < 1.29 is 19.0 Å². The van der Waals surface area contributed by atoms with Gasteiger partial charge in [0.2, 0.25) is 0 Å². The van der Waals surface area contributed by atoms with Crippen molar-refractivity contribution in [1.29, 1.82) is 0 Å². The van der Waals surface area contributed by atoms with Gasteiger partial charge in [0, 0.05) is 34.3 Å². The number of rotatable bonds is 6. The standard InChI is InChI=1S/C30H26N2O4/c1-18-8-9-21(14-19(18)2)30(33)32-25-7-5-6-20-15-22(10-11-23(20)25)36-27-12-13-31-26-17-29(35-4)28(34-3)16-24(26)27/h5-17H,1-4H3,(H,32,33). The Morgan fingerprint density at radius 2 is 1.58 bits per heavy atom. The number of fused-ring (bicyclic) bond motifs is 2. The number of aryl methyl sites for hydroxylation is 2. The number of pyridine rings is 1. The maximum atomic E-state index is 12.9. The molecule has 0 aliphatic carbocycles. The van der Waals surface area contributed by atoms with Gasteiger partial charge in [-0.15, -0.1) is 0 Å². The summed E-state index contributed by atoms with van der Waals surface area (Å²) in [4.78, 5) is 17.3. The third kappa shape index (κ3) is 4.41. The van der Waals surface area contributed by atoms with Gasteiger partial charge in [0.15, 0.2) is 11.5 Å². The highest BCUT2D eigenvalue weighted by Gasteiger charge is 2.13. The van der Waals surface area contributed by atoms with Gasteiger partial charge in [0.05, 0.1) is 19.7 Å². The molecule has 0 aliphatic rings. The van der Waals surface area contributed by atoms with Crippen molar-refractivity contribution in [3.63, 3.8) is 0 Å². The molecule has 5 rings (SSSR count). The normalized spacial score (nSPS) is 10.9. The number of carbonyl (C=O) groups excluding carboxylic acids is 1. The number of carbonyl (C=O) groups is 1. The molecule has 1 aromatic heterocycles. The molecule has 6 heteroatoms. The van der Waals surface area contributed by atoms with Crippen LogP contribution in [0.1, 0.15) is 21.5 Å². The van der Waals surface area contributed by atoms with Crippen molar-refractivity contribution in [2.75, 3.05) is 19.5 Å². The van der Waals surface area contributed by atoms with E-state index in [0.717, 1.165) is 38.5 Å². The van der Waals surface area contributed by atoms with Crippen LogP contribution in [0.5, 0.6) is 23.0 Å². The van der Waals surface area contributed by atoms with Gasteiger partial charge in [0.1, 0.15) is 11.5 Å². The number of nitrogens with zero attached hydrogens (tertiary/aromatic N) is 1. The molecule has 0 fully saturated rings. The lowest BCUT2D eigenvalue weighted by Crippen LogP contribution is -2.12. The first-order valence-corrected chi connectivity index (χ1v) is 11.6. The first-order chi connectivity index (χ1) is 17.5. The zero-order chi connectivity index (χ0) is 25.2. The van der Waals surface area contributed by atoms with Crippen LogP contribution in [0.15, 0.2) is 79.0 Å². The van der Waals surface area contributed by atoms with Gasteiger partial charge >= 0.3 is 0 Å². The average Bonchev–Trinajstić information content (AvgIpc) is 2.89. The van der Waals surface area contributed by atoms with E-state index < -0.39 is 0 Å². The van der Waals surface area contributed by atoms with E-state index in [2.05, 4.69) is 10.3 Å². The van der Waals surface area contributed by atoms with Crippen molar-refractivity contribution in [3.8, 4) is 23.0 Å². The van der Waals surface area contributed by atoms with Crippen LogP contribution in [0.3, 0.4) is 0 Å². The Bertz CT molecular complexity index is 1610. The van der Waals surface area contributed by atoms with Crippen LogP contribution in [-0.2, 0) is 0 Å². The third-order valence-corrected chi connectivity index (χ3v) is 6.30. The van der Waals surface area contributed by atoms with Gasteiger partial charge in [-0.1, -0.05) is 18.2 Å². The molecule has 1 N–H and O–H groups in total. The smallest absolute Gasteiger partial charge is 0.255 e. The Morgan fingerprint density at radius 1 is 0.778 bits per heavy atom. The Balaban J connectivity index is 1.45. The molecule has 6 nitrogen and oxygen atoms in total. The highest BCUT2D eigenvalue weighted by molar-refractivity contribution is 6.09. The Kier molecular flexibility index (Phi) is 6.17. The van der Waals surface area contributed by atoms with Crippen LogP contribution in [0.2, 0.25) is 0 Å². The molecule has 0 saturated carbocycles. The second kappa shape index (κ2) is 9.58. The number of anilines is 1. The van der Waals surface area contributed by atoms with Crippen molar-refractivity contribution in [2.24, 2.45) is 0 Å². The van der Waals surface area contributed by atoms with Crippen LogP contribution in [0.25, 0.3) is 21.7 Å². The van der Waals surface area contributed by atoms with Gasteiger partial charge < -0.3 is 19.5 Å². The van der Waals surface area contributed by atoms with Crippen LogP contribution < -0.4 is 19.5 Å². The predicted octanol–water partition coefficient (Wildman–Crippen LogP) is 7.07. The quantitative estimate of drug-likeness (QED) is 0.283. The molecule has 1 heterocycles. The molecule has 0 aliphatic heterocycles. The summed E-state index contributed by atoms with van der Waals surface area (Å²) in [5, 5.41) is 5.73. The van der Waals surface area contributed by atoms with Gasteiger partial charge in [-0.05, 0) is 78.9 Å². The monoisotopic (exact) mass is 478 g/mol. The van der Waals surface area contributed by atoms with E-state index in [1.807, 2.05) is 86.6 Å². The maximum Gasteiger partial charge on any atom is 0.255 e. The highest BCUT2D eigenvalue weighted by atomic mass is 16.5. The zero-order valence-corrected chi connectivity index (χ0v) is 20.6.